The lowest BCUT2D eigenvalue weighted by atomic mass is 9.85. The lowest BCUT2D eigenvalue weighted by Crippen LogP contribution is -2.36. The summed E-state index contributed by atoms with van der Waals surface area (Å²) in [6.45, 7) is 5.67. The van der Waals surface area contributed by atoms with Crippen LogP contribution in [0.5, 0.6) is 0 Å². The maximum Gasteiger partial charge on any atom is 0.240 e. The van der Waals surface area contributed by atoms with Crippen molar-refractivity contribution < 1.29 is 12.8 Å². The number of nitrogens with one attached hydrogen (secondary N) is 1. The maximum absolute atomic E-state index is 13.1. The standard InChI is InChI=1S/C17H19ClFNO2S/c1-12-10-15(19)8-9-16(12)23(21,22)20-11-17(2,3)13-4-6-14(18)7-5-13/h4-10,20H,11H2,1-3H3. The van der Waals surface area contributed by atoms with Crippen LogP contribution in [-0.2, 0) is 15.4 Å². The summed E-state index contributed by atoms with van der Waals surface area (Å²) >= 11 is 5.88. The van der Waals surface area contributed by atoms with Gasteiger partial charge < -0.3 is 0 Å². The van der Waals surface area contributed by atoms with Gasteiger partial charge in [-0.2, -0.15) is 0 Å². The zero-order valence-corrected chi connectivity index (χ0v) is 14.8. The number of hydrogen-bond donors (Lipinski definition) is 1. The highest BCUT2D eigenvalue weighted by Gasteiger charge is 2.25. The summed E-state index contributed by atoms with van der Waals surface area (Å²) in [5, 5.41) is 0.632. The van der Waals surface area contributed by atoms with Gasteiger partial charge in [0.05, 0.1) is 4.90 Å². The van der Waals surface area contributed by atoms with Crippen molar-refractivity contribution in [2.45, 2.75) is 31.1 Å². The van der Waals surface area contributed by atoms with Crippen molar-refractivity contribution in [3.05, 3.63) is 64.4 Å². The molecule has 3 nitrogen and oxygen atoms in total. The van der Waals surface area contributed by atoms with Gasteiger partial charge in [-0.3, -0.25) is 0 Å². The summed E-state index contributed by atoms with van der Waals surface area (Å²) in [4.78, 5) is 0.0887. The molecule has 2 aromatic carbocycles. The number of hydrogen-bond acceptors (Lipinski definition) is 2. The SMILES string of the molecule is Cc1cc(F)ccc1S(=O)(=O)NCC(C)(C)c1ccc(Cl)cc1. The number of rotatable bonds is 5. The van der Waals surface area contributed by atoms with E-state index in [4.69, 9.17) is 11.6 Å². The Morgan fingerprint density at radius 2 is 1.74 bits per heavy atom. The molecule has 23 heavy (non-hydrogen) atoms. The Morgan fingerprint density at radius 3 is 2.30 bits per heavy atom. The quantitative estimate of drug-likeness (QED) is 0.879. The average Bonchev–Trinajstić information content (AvgIpc) is 2.45. The highest BCUT2D eigenvalue weighted by atomic mass is 35.5. The van der Waals surface area contributed by atoms with Crippen molar-refractivity contribution in [1.82, 2.24) is 4.72 Å². The normalized spacial score (nSPS) is 12.4. The third-order valence-electron chi connectivity index (χ3n) is 3.76. The fourth-order valence-corrected chi connectivity index (χ4v) is 3.83. The van der Waals surface area contributed by atoms with Gasteiger partial charge in [0, 0.05) is 17.0 Å². The largest absolute Gasteiger partial charge is 0.240 e. The van der Waals surface area contributed by atoms with E-state index in [-0.39, 0.29) is 11.4 Å². The molecule has 0 radical (unpaired) electrons. The Balaban J connectivity index is 2.19. The van der Waals surface area contributed by atoms with Crippen LogP contribution in [0.3, 0.4) is 0 Å². The van der Waals surface area contributed by atoms with Crippen molar-refractivity contribution >= 4 is 21.6 Å². The Labute approximate surface area is 141 Å². The predicted octanol–water partition coefficient (Wildman–Crippen LogP) is 4.04. The van der Waals surface area contributed by atoms with Crippen molar-refractivity contribution in [3.63, 3.8) is 0 Å². The topological polar surface area (TPSA) is 46.2 Å². The summed E-state index contributed by atoms with van der Waals surface area (Å²) in [5.74, 6) is -0.456. The lowest BCUT2D eigenvalue weighted by molar-refractivity contribution is 0.501. The summed E-state index contributed by atoms with van der Waals surface area (Å²) in [6, 6.07) is 10.9. The van der Waals surface area contributed by atoms with Crippen LogP contribution < -0.4 is 4.72 Å². The molecule has 0 aliphatic rings. The zero-order chi connectivity index (χ0) is 17.3. The van der Waals surface area contributed by atoms with Gasteiger partial charge in [-0.1, -0.05) is 37.6 Å². The minimum absolute atomic E-state index is 0.0887. The van der Waals surface area contributed by atoms with Crippen LogP contribution >= 0.6 is 11.6 Å². The molecule has 1 N–H and O–H groups in total. The number of benzene rings is 2. The molecule has 0 atom stereocenters. The van der Waals surface area contributed by atoms with Gasteiger partial charge in [0.1, 0.15) is 5.82 Å². The van der Waals surface area contributed by atoms with E-state index in [0.29, 0.717) is 10.6 Å². The van der Waals surface area contributed by atoms with Gasteiger partial charge in [0.2, 0.25) is 10.0 Å². The number of aryl methyl sites for hydroxylation is 1. The van der Waals surface area contributed by atoms with Crippen molar-refractivity contribution in [2.24, 2.45) is 0 Å². The molecule has 124 valence electrons. The van der Waals surface area contributed by atoms with Crippen LogP contribution in [0.15, 0.2) is 47.4 Å². The van der Waals surface area contributed by atoms with Gasteiger partial charge in [0.25, 0.3) is 0 Å². The third kappa shape index (κ3) is 4.31. The first-order valence-electron chi connectivity index (χ1n) is 7.14. The highest BCUT2D eigenvalue weighted by molar-refractivity contribution is 7.89. The lowest BCUT2D eigenvalue weighted by Gasteiger charge is -2.26. The average molecular weight is 356 g/mol. The molecule has 0 bridgehead atoms. The van der Waals surface area contributed by atoms with Crippen LogP contribution in [-0.4, -0.2) is 15.0 Å². The molecule has 0 saturated heterocycles. The third-order valence-corrected chi connectivity index (χ3v) is 5.57. The van der Waals surface area contributed by atoms with Gasteiger partial charge in [-0.15, -0.1) is 0 Å². The summed E-state index contributed by atoms with van der Waals surface area (Å²) in [5.41, 5.74) is 0.938. The summed E-state index contributed by atoms with van der Waals surface area (Å²) in [7, 11) is -3.70. The van der Waals surface area contributed by atoms with E-state index >= 15 is 0 Å². The van der Waals surface area contributed by atoms with Crippen LogP contribution in [0.25, 0.3) is 0 Å². The first-order valence-corrected chi connectivity index (χ1v) is 9.00. The molecule has 0 aliphatic heterocycles. The molecule has 0 fully saturated rings. The second-order valence-electron chi connectivity index (χ2n) is 6.13. The molecule has 0 aromatic heterocycles. The van der Waals surface area contributed by atoms with Crippen LogP contribution in [0.2, 0.25) is 5.02 Å². The molecule has 0 spiro atoms. The van der Waals surface area contributed by atoms with E-state index in [2.05, 4.69) is 4.72 Å². The molecular formula is C17H19ClFNO2S. The van der Waals surface area contributed by atoms with Crippen molar-refractivity contribution in [2.75, 3.05) is 6.54 Å². The zero-order valence-electron chi connectivity index (χ0n) is 13.2. The van der Waals surface area contributed by atoms with E-state index in [1.54, 1.807) is 19.1 Å². The monoisotopic (exact) mass is 355 g/mol. The van der Waals surface area contributed by atoms with E-state index in [9.17, 15) is 12.8 Å². The summed E-state index contributed by atoms with van der Waals surface area (Å²) < 4.78 is 40.6. The first kappa shape index (κ1) is 17.9. The molecule has 2 rings (SSSR count). The fraction of sp³-hybridized carbons (Fsp3) is 0.294. The minimum atomic E-state index is -3.70. The van der Waals surface area contributed by atoms with E-state index < -0.39 is 21.3 Å². The van der Waals surface area contributed by atoms with Crippen LogP contribution in [0.4, 0.5) is 4.39 Å². The number of halogens is 2. The molecule has 0 amide bonds. The Hall–Kier alpha value is -1.43. The molecule has 2 aromatic rings. The predicted molar refractivity (Wildman–Crippen MR) is 90.8 cm³/mol. The molecule has 0 saturated carbocycles. The second-order valence-corrected chi connectivity index (χ2v) is 8.30. The first-order chi connectivity index (χ1) is 10.6. The maximum atomic E-state index is 13.1. The van der Waals surface area contributed by atoms with Crippen molar-refractivity contribution in [3.8, 4) is 0 Å². The van der Waals surface area contributed by atoms with Crippen LogP contribution in [0, 0.1) is 12.7 Å². The van der Waals surface area contributed by atoms with Gasteiger partial charge in [-0.25, -0.2) is 17.5 Å². The molecular weight excluding hydrogens is 337 g/mol. The Bertz CT molecular complexity index is 802. The van der Waals surface area contributed by atoms with Crippen molar-refractivity contribution in [1.29, 1.82) is 0 Å². The van der Waals surface area contributed by atoms with E-state index in [0.717, 1.165) is 11.6 Å². The van der Waals surface area contributed by atoms with Gasteiger partial charge >= 0.3 is 0 Å². The second kappa shape index (κ2) is 6.59. The highest BCUT2D eigenvalue weighted by Crippen LogP contribution is 2.25. The van der Waals surface area contributed by atoms with Gasteiger partial charge in [0.15, 0.2) is 0 Å². The van der Waals surface area contributed by atoms with E-state index in [1.165, 1.54) is 12.1 Å². The fourth-order valence-electron chi connectivity index (χ4n) is 2.27. The molecule has 0 aliphatic carbocycles. The number of sulfonamides is 1. The molecule has 6 heteroatoms. The smallest absolute Gasteiger partial charge is 0.210 e. The Kier molecular flexibility index (Phi) is 5.14. The molecule has 0 unspecified atom stereocenters. The van der Waals surface area contributed by atoms with Gasteiger partial charge in [-0.05, 0) is 48.4 Å². The van der Waals surface area contributed by atoms with E-state index in [1.807, 2.05) is 26.0 Å². The minimum Gasteiger partial charge on any atom is -0.210 e. The van der Waals surface area contributed by atoms with Crippen LogP contribution in [0.1, 0.15) is 25.0 Å². The molecule has 0 heterocycles. The Morgan fingerprint density at radius 1 is 1.13 bits per heavy atom. The summed E-state index contributed by atoms with van der Waals surface area (Å²) in [6.07, 6.45) is 0.